The van der Waals surface area contributed by atoms with Crippen LogP contribution in [0.15, 0.2) is 43.0 Å². The van der Waals surface area contributed by atoms with Gasteiger partial charge in [0.25, 0.3) is 0 Å². The van der Waals surface area contributed by atoms with E-state index < -0.39 is 0 Å². The van der Waals surface area contributed by atoms with E-state index in [-0.39, 0.29) is 0 Å². The summed E-state index contributed by atoms with van der Waals surface area (Å²) < 4.78 is 2.36. The fraction of sp³-hybridized carbons (Fsp3) is 0.583. The maximum atomic E-state index is 4.18. The zero-order valence-corrected chi connectivity index (χ0v) is 16.9. The molecule has 142 valence electrons. The molecule has 0 saturated carbocycles. The summed E-state index contributed by atoms with van der Waals surface area (Å²) in [7, 11) is 0. The predicted molar refractivity (Wildman–Crippen MR) is 110 cm³/mol. The van der Waals surface area contributed by atoms with Crippen molar-refractivity contribution in [2.24, 2.45) is 0 Å². The molecule has 0 atom stereocenters. The Morgan fingerprint density at radius 1 is 0.769 bits per heavy atom. The summed E-state index contributed by atoms with van der Waals surface area (Å²) in [5, 5.41) is 0. The van der Waals surface area contributed by atoms with Gasteiger partial charge in [0.2, 0.25) is 0 Å². The van der Waals surface area contributed by atoms with Crippen molar-refractivity contribution in [3.8, 4) is 0 Å². The Hall–Kier alpha value is -1.70. The lowest BCUT2D eigenvalue weighted by atomic mass is 10.0. The Labute approximate surface area is 160 Å². The van der Waals surface area contributed by atoms with Crippen molar-refractivity contribution in [1.29, 1.82) is 0 Å². The molecule has 0 aromatic carbocycles. The Kier molecular flexibility index (Phi) is 10.0. The molecule has 2 heterocycles. The van der Waals surface area contributed by atoms with Crippen LogP contribution < -0.4 is 4.57 Å². The van der Waals surface area contributed by atoms with Crippen LogP contribution in [-0.4, -0.2) is 4.98 Å². The molecule has 0 amide bonds. The first-order valence-electron chi connectivity index (χ1n) is 10.6. The number of hydrogen-bond acceptors (Lipinski definition) is 1. The SMILES string of the molecule is Cc1cc(C)c[n+](CCCCCCCCCCCCc2cccnc2)c1. The standard InChI is InChI=1S/C24H37N2/c1-22-18-23(2)21-26(20-22)17-12-10-8-6-4-3-5-7-9-11-14-24-15-13-16-25-19-24/h13,15-16,18-21H,3-12,14,17H2,1-2H3/q+1. The van der Waals surface area contributed by atoms with Crippen LogP contribution in [0.3, 0.4) is 0 Å². The maximum absolute atomic E-state index is 4.18. The second kappa shape index (κ2) is 12.6. The van der Waals surface area contributed by atoms with Gasteiger partial charge < -0.3 is 0 Å². The van der Waals surface area contributed by atoms with Gasteiger partial charge in [-0.15, -0.1) is 0 Å². The fourth-order valence-corrected chi connectivity index (χ4v) is 3.71. The molecule has 2 rings (SSSR count). The molecule has 0 aliphatic heterocycles. The second-order valence-corrected chi connectivity index (χ2v) is 7.78. The molecule has 26 heavy (non-hydrogen) atoms. The van der Waals surface area contributed by atoms with Crippen LogP contribution in [-0.2, 0) is 13.0 Å². The summed E-state index contributed by atoms with van der Waals surface area (Å²) in [6.45, 7) is 5.53. The third kappa shape index (κ3) is 9.12. The van der Waals surface area contributed by atoms with Gasteiger partial charge in [-0.2, -0.15) is 0 Å². The zero-order valence-electron chi connectivity index (χ0n) is 16.9. The van der Waals surface area contributed by atoms with Gasteiger partial charge in [0.15, 0.2) is 12.4 Å². The van der Waals surface area contributed by atoms with Gasteiger partial charge in [-0.1, -0.05) is 51.0 Å². The van der Waals surface area contributed by atoms with Crippen LogP contribution in [0.25, 0.3) is 0 Å². The molecular weight excluding hydrogens is 316 g/mol. The van der Waals surface area contributed by atoms with Crippen LogP contribution in [0.5, 0.6) is 0 Å². The van der Waals surface area contributed by atoms with Gasteiger partial charge in [0.05, 0.1) is 0 Å². The van der Waals surface area contributed by atoms with Crippen molar-refractivity contribution < 1.29 is 4.57 Å². The van der Waals surface area contributed by atoms with Crippen molar-refractivity contribution in [1.82, 2.24) is 4.98 Å². The lowest BCUT2D eigenvalue weighted by Gasteiger charge is -2.03. The van der Waals surface area contributed by atoms with Crippen molar-refractivity contribution >= 4 is 0 Å². The van der Waals surface area contributed by atoms with E-state index in [1.165, 1.54) is 93.9 Å². The Balaban J connectivity index is 1.37. The van der Waals surface area contributed by atoms with Crippen molar-refractivity contribution in [2.75, 3.05) is 0 Å². The number of aryl methyl sites for hydroxylation is 4. The number of rotatable bonds is 13. The molecule has 0 unspecified atom stereocenters. The van der Waals surface area contributed by atoms with E-state index in [1.807, 2.05) is 18.5 Å². The molecule has 0 saturated heterocycles. The van der Waals surface area contributed by atoms with Gasteiger partial charge in [-0.3, -0.25) is 4.98 Å². The molecule has 2 heteroatoms. The summed E-state index contributed by atoms with van der Waals surface area (Å²) >= 11 is 0. The van der Waals surface area contributed by atoms with Crippen LogP contribution >= 0.6 is 0 Å². The Morgan fingerprint density at radius 3 is 1.92 bits per heavy atom. The van der Waals surface area contributed by atoms with E-state index in [0.717, 1.165) is 0 Å². The third-order valence-electron chi connectivity index (χ3n) is 5.05. The Bertz CT molecular complexity index is 587. The monoisotopic (exact) mass is 353 g/mol. The van der Waals surface area contributed by atoms with E-state index in [4.69, 9.17) is 0 Å². The van der Waals surface area contributed by atoms with Crippen molar-refractivity contribution in [2.45, 2.75) is 91.0 Å². The first kappa shape index (κ1) is 20.6. The van der Waals surface area contributed by atoms with Crippen LogP contribution in [0.4, 0.5) is 0 Å². The molecule has 0 spiro atoms. The van der Waals surface area contributed by atoms with Crippen molar-refractivity contribution in [3.05, 3.63) is 59.7 Å². The first-order chi connectivity index (χ1) is 12.7. The lowest BCUT2D eigenvalue weighted by Crippen LogP contribution is -2.33. The predicted octanol–water partition coefficient (Wildman–Crippen LogP) is 6.13. The summed E-state index contributed by atoms with van der Waals surface area (Å²) in [5.74, 6) is 0. The van der Waals surface area contributed by atoms with Gasteiger partial charge in [0.1, 0.15) is 6.54 Å². The fourth-order valence-electron chi connectivity index (χ4n) is 3.71. The van der Waals surface area contributed by atoms with Crippen LogP contribution in [0.2, 0.25) is 0 Å². The smallest absolute Gasteiger partial charge is 0.171 e. The molecule has 0 bridgehead atoms. The van der Waals surface area contributed by atoms with E-state index in [9.17, 15) is 0 Å². The third-order valence-corrected chi connectivity index (χ3v) is 5.05. The van der Waals surface area contributed by atoms with Gasteiger partial charge in [-0.05, 0) is 50.8 Å². The average molecular weight is 354 g/mol. The van der Waals surface area contributed by atoms with Crippen LogP contribution in [0.1, 0.15) is 80.9 Å². The van der Waals surface area contributed by atoms with Crippen LogP contribution in [0, 0.1) is 13.8 Å². The summed E-state index contributed by atoms with van der Waals surface area (Å²) in [5.41, 5.74) is 4.11. The molecule has 2 aromatic rings. The quantitative estimate of drug-likeness (QED) is 0.313. The highest BCUT2D eigenvalue weighted by Crippen LogP contribution is 2.12. The normalized spacial score (nSPS) is 11.0. The highest BCUT2D eigenvalue weighted by Gasteiger charge is 2.02. The zero-order chi connectivity index (χ0) is 18.5. The molecule has 0 fully saturated rings. The lowest BCUT2D eigenvalue weighted by molar-refractivity contribution is -0.698. The summed E-state index contributed by atoms with van der Waals surface area (Å²) in [4.78, 5) is 4.18. The largest absolute Gasteiger partial charge is 0.264 e. The molecule has 2 aromatic heterocycles. The number of nitrogens with zero attached hydrogens (tertiary/aromatic N) is 2. The highest BCUT2D eigenvalue weighted by atomic mass is 14.9. The number of unbranched alkanes of at least 4 members (excludes halogenated alkanes) is 9. The molecule has 0 radical (unpaired) electrons. The van der Waals surface area contributed by atoms with Crippen molar-refractivity contribution in [3.63, 3.8) is 0 Å². The van der Waals surface area contributed by atoms with Gasteiger partial charge in [0, 0.05) is 29.9 Å². The number of aromatic nitrogens is 2. The average Bonchev–Trinajstić information content (AvgIpc) is 2.63. The molecule has 2 nitrogen and oxygen atoms in total. The molecule has 0 N–H and O–H groups in total. The molecule has 0 aliphatic carbocycles. The first-order valence-corrected chi connectivity index (χ1v) is 10.6. The Morgan fingerprint density at radius 2 is 1.35 bits per heavy atom. The topological polar surface area (TPSA) is 16.8 Å². The second-order valence-electron chi connectivity index (χ2n) is 7.78. The minimum Gasteiger partial charge on any atom is -0.264 e. The van der Waals surface area contributed by atoms with Gasteiger partial charge >= 0.3 is 0 Å². The summed E-state index contributed by atoms with van der Waals surface area (Å²) in [6.07, 6.45) is 23.4. The van der Waals surface area contributed by atoms with E-state index in [0.29, 0.717) is 0 Å². The molecule has 0 aliphatic rings. The minimum absolute atomic E-state index is 1.17. The highest BCUT2D eigenvalue weighted by molar-refractivity contribution is 5.11. The van der Waals surface area contributed by atoms with E-state index in [2.05, 4.69) is 47.9 Å². The number of pyridine rings is 2. The maximum Gasteiger partial charge on any atom is 0.171 e. The molecular formula is C24H37N2+. The van der Waals surface area contributed by atoms with Gasteiger partial charge in [-0.25, -0.2) is 4.57 Å². The number of hydrogen-bond donors (Lipinski definition) is 0. The van der Waals surface area contributed by atoms with E-state index in [1.54, 1.807) is 0 Å². The summed E-state index contributed by atoms with van der Waals surface area (Å²) in [6, 6.07) is 6.47. The minimum atomic E-state index is 1.17. The van der Waals surface area contributed by atoms with E-state index >= 15 is 0 Å².